The summed E-state index contributed by atoms with van der Waals surface area (Å²) in [5, 5.41) is 14.3. The van der Waals surface area contributed by atoms with E-state index in [0.29, 0.717) is 5.69 Å². The summed E-state index contributed by atoms with van der Waals surface area (Å²) in [7, 11) is 1.76. The lowest BCUT2D eigenvalue weighted by Gasteiger charge is -2.15. The smallest absolute Gasteiger partial charge is 0.315 e. The molecule has 0 aliphatic rings. The van der Waals surface area contributed by atoms with Crippen LogP contribution in [0.5, 0.6) is 0 Å². The Morgan fingerprint density at radius 1 is 1.69 bits per heavy atom. The largest absolute Gasteiger partial charge is 0.481 e. The maximum Gasteiger partial charge on any atom is 0.315 e. The third kappa shape index (κ3) is 1.80. The minimum atomic E-state index is -0.911. The van der Waals surface area contributed by atoms with Gasteiger partial charge in [0, 0.05) is 12.4 Å². The fourth-order valence-electron chi connectivity index (χ4n) is 0.785. The van der Waals surface area contributed by atoms with Crippen molar-refractivity contribution in [3.05, 3.63) is 11.1 Å². The van der Waals surface area contributed by atoms with Crippen molar-refractivity contribution in [2.24, 2.45) is 0 Å². The van der Waals surface area contributed by atoms with Crippen LogP contribution in [-0.4, -0.2) is 23.1 Å². The topological polar surface area (TPSA) is 62.2 Å². The molecule has 0 radical (unpaired) electrons. The number of carboxylic acids is 1. The van der Waals surface area contributed by atoms with E-state index < -0.39 is 11.4 Å². The number of nitrogens with one attached hydrogen (secondary N) is 1. The molecule has 0 spiro atoms. The molecule has 1 aromatic heterocycles. The normalized spacial score (nSPS) is 11.3. The fourth-order valence-corrected chi connectivity index (χ4v) is 1.62. The number of aliphatic carboxylic acids is 1. The minimum Gasteiger partial charge on any atom is -0.481 e. The van der Waals surface area contributed by atoms with Crippen molar-refractivity contribution in [3.8, 4) is 0 Å². The zero-order valence-electron chi connectivity index (χ0n) is 7.79. The van der Waals surface area contributed by atoms with Gasteiger partial charge >= 0.3 is 5.97 Å². The summed E-state index contributed by atoms with van der Waals surface area (Å²) in [6.45, 7) is 3.29. The second-order valence-corrected chi connectivity index (χ2v) is 4.08. The van der Waals surface area contributed by atoms with E-state index in [1.54, 1.807) is 26.3 Å². The quantitative estimate of drug-likeness (QED) is 0.777. The van der Waals surface area contributed by atoms with Gasteiger partial charge in [-0.2, -0.15) is 0 Å². The number of thiazole rings is 1. The summed E-state index contributed by atoms with van der Waals surface area (Å²) < 4.78 is 0. The Morgan fingerprint density at radius 3 is 2.69 bits per heavy atom. The van der Waals surface area contributed by atoms with Gasteiger partial charge in [0.1, 0.15) is 5.41 Å². The van der Waals surface area contributed by atoms with E-state index in [-0.39, 0.29) is 0 Å². The number of nitrogens with zero attached hydrogens (tertiary/aromatic N) is 1. The Balaban J connectivity index is 3.00. The van der Waals surface area contributed by atoms with Crippen LogP contribution in [0.4, 0.5) is 5.13 Å². The van der Waals surface area contributed by atoms with Gasteiger partial charge in [-0.1, -0.05) is 0 Å². The van der Waals surface area contributed by atoms with E-state index in [1.807, 2.05) is 0 Å². The zero-order valence-corrected chi connectivity index (χ0v) is 8.60. The first kappa shape index (κ1) is 9.98. The molecule has 72 valence electrons. The van der Waals surface area contributed by atoms with Crippen molar-refractivity contribution >= 4 is 22.4 Å². The SMILES string of the molecule is CNc1nc(C(C)(C)C(=O)O)cs1. The molecule has 1 heterocycles. The van der Waals surface area contributed by atoms with Crippen LogP contribution in [0.25, 0.3) is 0 Å². The van der Waals surface area contributed by atoms with Crippen LogP contribution in [-0.2, 0) is 10.2 Å². The molecule has 5 heteroatoms. The van der Waals surface area contributed by atoms with Gasteiger partial charge in [0.2, 0.25) is 0 Å². The molecular weight excluding hydrogens is 188 g/mol. The van der Waals surface area contributed by atoms with E-state index in [9.17, 15) is 4.79 Å². The van der Waals surface area contributed by atoms with Crippen LogP contribution in [0.1, 0.15) is 19.5 Å². The highest BCUT2D eigenvalue weighted by molar-refractivity contribution is 7.13. The summed E-state index contributed by atoms with van der Waals surface area (Å²) in [6.07, 6.45) is 0. The lowest BCUT2D eigenvalue weighted by molar-refractivity contribution is -0.142. The van der Waals surface area contributed by atoms with Crippen LogP contribution in [0.15, 0.2) is 5.38 Å². The van der Waals surface area contributed by atoms with Crippen LogP contribution < -0.4 is 5.32 Å². The predicted molar refractivity (Wildman–Crippen MR) is 52.3 cm³/mol. The van der Waals surface area contributed by atoms with Gasteiger partial charge in [-0.3, -0.25) is 4.79 Å². The average Bonchev–Trinajstić information content (AvgIpc) is 2.51. The summed E-state index contributed by atoms with van der Waals surface area (Å²) >= 11 is 1.41. The molecule has 0 fully saturated rings. The van der Waals surface area contributed by atoms with Gasteiger partial charge < -0.3 is 10.4 Å². The number of carboxylic acid groups (broad SMARTS) is 1. The van der Waals surface area contributed by atoms with E-state index >= 15 is 0 Å². The minimum absolute atomic E-state index is 0.592. The Hall–Kier alpha value is -1.10. The first-order valence-corrected chi connectivity index (χ1v) is 4.73. The third-order valence-corrected chi connectivity index (χ3v) is 2.75. The third-order valence-electron chi connectivity index (χ3n) is 1.89. The molecule has 1 rings (SSSR count). The number of hydrogen-bond donors (Lipinski definition) is 2. The molecule has 0 aliphatic carbocycles. The van der Waals surface area contributed by atoms with E-state index in [0.717, 1.165) is 5.13 Å². The molecule has 0 aliphatic heterocycles. The molecule has 4 nitrogen and oxygen atoms in total. The molecule has 13 heavy (non-hydrogen) atoms. The molecule has 0 bridgehead atoms. The molecule has 0 unspecified atom stereocenters. The van der Waals surface area contributed by atoms with E-state index in [4.69, 9.17) is 5.11 Å². The van der Waals surface area contributed by atoms with Crippen LogP contribution in [0.2, 0.25) is 0 Å². The molecule has 1 aromatic rings. The maximum atomic E-state index is 10.9. The van der Waals surface area contributed by atoms with E-state index in [1.165, 1.54) is 11.3 Å². The first-order valence-electron chi connectivity index (χ1n) is 3.85. The second kappa shape index (κ2) is 3.33. The number of rotatable bonds is 3. The summed E-state index contributed by atoms with van der Waals surface area (Å²) in [6, 6.07) is 0. The van der Waals surface area contributed by atoms with Gasteiger partial charge in [-0.15, -0.1) is 11.3 Å². The van der Waals surface area contributed by atoms with Gasteiger partial charge in [0.15, 0.2) is 5.13 Å². The summed E-state index contributed by atoms with van der Waals surface area (Å²) in [5.41, 5.74) is -0.319. The molecule has 0 atom stereocenters. The fraction of sp³-hybridized carbons (Fsp3) is 0.500. The molecule has 0 aromatic carbocycles. The molecule has 2 N–H and O–H groups in total. The highest BCUT2D eigenvalue weighted by Gasteiger charge is 2.31. The standard InChI is InChI=1S/C8H12N2O2S/c1-8(2,6(11)12)5-4-13-7(9-3)10-5/h4H,1-3H3,(H,9,10)(H,11,12). The molecule has 0 amide bonds. The highest BCUT2D eigenvalue weighted by atomic mass is 32.1. The lowest BCUT2D eigenvalue weighted by atomic mass is 9.90. The Bertz CT molecular complexity index is 320. The van der Waals surface area contributed by atoms with Crippen LogP contribution in [0, 0.1) is 0 Å². The van der Waals surface area contributed by atoms with Gasteiger partial charge in [-0.25, -0.2) is 4.98 Å². The average molecular weight is 200 g/mol. The number of anilines is 1. The predicted octanol–water partition coefficient (Wildman–Crippen LogP) is 1.55. The zero-order chi connectivity index (χ0) is 10.1. The van der Waals surface area contributed by atoms with Gasteiger partial charge in [0.25, 0.3) is 0 Å². The molecule has 0 saturated heterocycles. The number of hydrogen-bond acceptors (Lipinski definition) is 4. The van der Waals surface area contributed by atoms with Crippen molar-refractivity contribution in [2.75, 3.05) is 12.4 Å². The van der Waals surface area contributed by atoms with E-state index in [2.05, 4.69) is 10.3 Å². The van der Waals surface area contributed by atoms with Crippen molar-refractivity contribution in [1.29, 1.82) is 0 Å². The first-order chi connectivity index (χ1) is 5.98. The number of aromatic nitrogens is 1. The lowest BCUT2D eigenvalue weighted by Crippen LogP contribution is -2.28. The van der Waals surface area contributed by atoms with Gasteiger partial charge in [-0.05, 0) is 13.8 Å². The van der Waals surface area contributed by atoms with Crippen molar-refractivity contribution < 1.29 is 9.90 Å². The summed E-state index contributed by atoms with van der Waals surface area (Å²) in [5.74, 6) is -0.861. The molecule has 0 saturated carbocycles. The highest BCUT2D eigenvalue weighted by Crippen LogP contribution is 2.26. The van der Waals surface area contributed by atoms with Crippen LogP contribution in [0.3, 0.4) is 0 Å². The second-order valence-electron chi connectivity index (χ2n) is 3.22. The number of carbonyl (C=O) groups is 1. The molecular formula is C8H12N2O2S. The Kier molecular flexibility index (Phi) is 2.56. The van der Waals surface area contributed by atoms with Crippen LogP contribution >= 0.6 is 11.3 Å². The van der Waals surface area contributed by atoms with Crippen molar-refractivity contribution in [2.45, 2.75) is 19.3 Å². The van der Waals surface area contributed by atoms with Crippen molar-refractivity contribution in [1.82, 2.24) is 4.98 Å². The van der Waals surface area contributed by atoms with Crippen molar-refractivity contribution in [3.63, 3.8) is 0 Å². The van der Waals surface area contributed by atoms with Gasteiger partial charge in [0.05, 0.1) is 5.69 Å². The Labute approximate surface area is 80.6 Å². The monoisotopic (exact) mass is 200 g/mol. The maximum absolute atomic E-state index is 10.9. The summed E-state index contributed by atoms with van der Waals surface area (Å²) in [4.78, 5) is 15.0. The Morgan fingerprint density at radius 2 is 2.31 bits per heavy atom.